The van der Waals surface area contributed by atoms with Crippen LogP contribution < -0.4 is 5.32 Å². The van der Waals surface area contributed by atoms with E-state index in [0.717, 1.165) is 31.5 Å². The van der Waals surface area contributed by atoms with Gasteiger partial charge in [0.2, 0.25) is 0 Å². The number of rotatable bonds is 5. The molecule has 24 heavy (non-hydrogen) atoms. The maximum atomic E-state index is 13.0. The quantitative estimate of drug-likeness (QED) is 0.886. The first-order chi connectivity index (χ1) is 11.6. The number of nitrogens with zero attached hydrogens (tertiary/aromatic N) is 1. The predicted octanol–water partition coefficient (Wildman–Crippen LogP) is 4.05. The van der Waals surface area contributed by atoms with Crippen molar-refractivity contribution in [2.45, 2.75) is 18.9 Å². The van der Waals surface area contributed by atoms with Gasteiger partial charge in [-0.05, 0) is 61.8 Å². The highest BCUT2D eigenvalue weighted by Crippen LogP contribution is 2.29. The average Bonchev–Trinajstić information content (AvgIpc) is 3.11. The third kappa shape index (κ3) is 3.94. The highest BCUT2D eigenvalue weighted by Gasteiger charge is 2.25. The SMILES string of the molecule is O=C(NC[C@@H](c1ccccc1Cl)N1CCCC1)c1ccc(F)cc1. The maximum absolute atomic E-state index is 13.0. The Morgan fingerprint density at radius 3 is 2.46 bits per heavy atom. The normalized spacial score (nSPS) is 16.1. The Bertz CT molecular complexity index is 699. The van der Waals surface area contributed by atoms with Crippen molar-refractivity contribution in [3.05, 3.63) is 70.5 Å². The summed E-state index contributed by atoms with van der Waals surface area (Å²) in [5, 5.41) is 3.67. The molecule has 1 aliphatic rings. The minimum absolute atomic E-state index is 0.0469. The summed E-state index contributed by atoms with van der Waals surface area (Å²) in [6.07, 6.45) is 2.32. The van der Waals surface area contributed by atoms with Gasteiger partial charge >= 0.3 is 0 Å². The number of benzene rings is 2. The zero-order chi connectivity index (χ0) is 16.9. The fraction of sp³-hybridized carbons (Fsp3) is 0.316. The van der Waals surface area contributed by atoms with Gasteiger partial charge in [0.15, 0.2) is 0 Å². The molecule has 1 N–H and O–H groups in total. The molecule has 0 bridgehead atoms. The molecule has 1 aliphatic heterocycles. The van der Waals surface area contributed by atoms with Crippen molar-refractivity contribution in [3.8, 4) is 0 Å². The van der Waals surface area contributed by atoms with Crippen molar-refractivity contribution in [3.63, 3.8) is 0 Å². The fourth-order valence-corrected chi connectivity index (χ4v) is 3.39. The van der Waals surface area contributed by atoms with Crippen molar-refractivity contribution in [2.24, 2.45) is 0 Å². The minimum Gasteiger partial charge on any atom is -0.350 e. The lowest BCUT2D eigenvalue weighted by atomic mass is 10.0. The second-order valence-electron chi connectivity index (χ2n) is 6.00. The maximum Gasteiger partial charge on any atom is 0.251 e. The van der Waals surface area contributed by atoms with Crippen molar-refractivity contribution in [1.82, 2.24) is 10.2 Å². The molecule has 3 rings (SSSR count). The van der Waals surface area contributed by atoms with Crippen LogP contribution >= 0.6 is 11.6 Å². The summed E-state index contributed by atoms with van der Waals surface area (Å²) >= 11 is 6.37. The molecule has 1 saturated heterocycles. The van der Waals surface area contributed by atoms with Gasteiger partial charge in [-0.2, -0.15) is 0 Å². The van der Waals surface area contributed by atoms with Crippen LogP contribution in [0, 0.1) is 5.82 Å². The van der Waals surface area contributed by atoms with Crippen LogP contribution in [0.2, 0.25) is 5.02 Å². The Balaban J connectivity index is 1.73. The molecule has 0 aliphatic carbocycles. The first kappa shape index (κ1) is 16.9. The van der Waals surface area contributed by atoms with Crippen LogP contribution in [0.4, 0.5) is 4.39 Å². The van der Waals surface area contributed by atoms with E-state index in [1.165, 1.54) is 24.3 Å². The highest BCUT2D eigenvalue weighted by atomic mass is 35.5. The lowest BCUT2D eigenvalue weighted by Gasteiger charge is -2.29. The van der Waals surface area contributed by atoms with Gasteiger partial charge < -0.3 is 5.32 Å². The summed E-state index contributed by atoms with van der Waals surface area (Å²) in [7, 11) is 0. The molecule has 1 heterocycles. The molecule has 5 heteroatoms. The number of hydrogen-bond acceptors (Lipinski definition) is 2. The summed E-state index contributed by atoms with van der Waals surface area (Å²) in [5.74, 6) is -0.552. The Labute approximate surface area is 146 Å². The van der Waals surface area contributed by atoms with Crippen LogP contribution in [0.15, 0.2) is 48.5 Å². The van der Waals surface area contributed by atoms with Crippen molar-refractivity contribution in [1.29, 1.82) is 0 Å². The minimum atomic E-state index is -0.349. The topological polar surface area (TPSA) is 32.3 Å². The number of nitrogens with one attached hydrogen (secondary N) is 1. The van der Waals surface area contributed by atoms with Crippen molar-refractivity contribution >= 4 is 17.5 Å². The third-order valence-corrected chi connectivity index (χ3v) is 4.75. The second kappa shape index (κ2) is 7.77. The van der Waals surface area contributed by atoms with E-state index in [-0.39, 0.29) is 17.8 Å². The first-order valence-electron chi connectivity index (χ1n) is 8.17. The monoisotopic (exact) mass is 346 g/mol. The Kier molecular flexibility index (Phi) is 5.48. The first-order valence-corrected chi connectivity index (χ1v) is 8.55. The lowest BCUT2D eigenvalue weighted by Crippen LogP contribution is -2.37. The molecule has 0 saturated carbocycles. The van der Waals surface area contributed by atoms with Gasteiger partial charge in [0.25, 0.3) is 5.91 Å². The number of amides is 1. The molecule has 0 radical (unpaired) electrons. The Morgan fingerprint density at radius 2 is 1.79 bits per heavy atom. The average molecular weight is 347 g/mol. The molecular formula is C19H20ClFN2O. The molecule has 1 atom stereocenters. The van der Waals surface area contributed by atoms with Crippen molar-refractivity contribution < 1.29 is 9.18 Å². The van der Waals surface area contributed by atoms with E-state index >= 15 is 0 Å². The number of halogens is 2. The van der Waals surface area contributed by atoms with Crippen LogP contribution in [-0.2, 0) is 0 Å². The predicted molar refractivity (Wildman–Crippen MR) is 93.7 cm³/mol. The molecule has 2 aromatic carbocycles. The van der Waals surface area contributed by atoms with E-state index in [0.29, 0.717) is 17.1 Å². The standard InChI is InChI=1S/C19H20ClFN2O/c20-17-6-2-1-5-16(17)18(23-11-3-4-12-23)13-22-19(24)14-7-9-15(21)10-8-14/h1-2,5-10,18H,3-4,11-13H2,(H,22,24)/t18-/m0/s1. The summed E-state index contributed by atoms with van der Waals surface area (Å²) < 4.78 is 13.0. The zero-order valence-corrected chi connectivity index (χ0v) is 14.1. The zero-order valence-electron chi connectivity index (χ0n) is 13.3. The Morgan fingerprint density at radius 1 is 1.12 bits per heavy atom. The lowest BCUT2D eigenvalue weighted by molar-refractivity contribution is 0.0938. The Hall–Kier alpha value is -1.91. The van der Waals surface area contributed by atoms with Gasteiger partial charge in [-0.3, -0.25) is 9.69 Å². The second-order valence-corrected chi connectivity index (χ2v) is 6.40. The third-order valence-electron chi connectivity index (χ3n) is 4.41. The van der Waals surface area contributed by atoms with E-state index in [9.17, 15) is 9.18 Å². The molecule has 1 fully saturated rings. The van der Waals surface area contributed by atoms with E-state index < -0.39 is 0 Å². The number of carbonyl (C=O) groups excluding carboxylic acids is 1. The van der Waals surface area contributed by atoms with E-state index in [1.807, 2.05) is 24.3 Å². The van der Waals surface area contributed by atoms with Gasteiger partial charge in [-0.15, -0.1) is 0 Å². The van der Waals surface area contributed by atoms with Gasteiger partial charge in [0, 0.05) is 17.1 Å². The van der Waals surface area contributed by atoms with Crippen LogP contribution in [0.5, 0.6) is 0 Å². The number of carbonyl (C=O) groups is 1. The van der Waals surface area contributed by atoms with E-state index in [1.54, 1.807) is 0 Å². The summed E-state index contributed by atoms with van der Waals surface area (Å²) in [4.78, 5) is 14.7. The number of hydrogen-bond donors (Lipinski definition) is 1. The summed E-state index contributed by atoms with van der Waals surface area (Å²) in [5.41, 5.74) is 1.48. The largest absolute Gasteiger partial charge is 0.350 e. The van der Waals surface area contributed by atoms with Crippen molar-refractivity contribution in [2.75, 3.05) is 19.6 Å². The molecule has 126 valence electrons. The van der Waals surface area contributed by atoms with Crippen LogP contribution in [0.3, 0.4) is 0 Å². The number of likely N-dealkylation sites (tertiary alicyclic amines) is 1. The summed E-state index contributed by atoms with van der Waals surface area (Å²) in [6, 6.07) is 13.4. The van der Waals surface area contributed by atoms with Gasteiger partial charge in [-0.1, -0.05) is 29.8 Å². The van der Waals surface area contributed by atoms with Crippen LogP contribution in [0.1, 0.15) is 34.8 Å². The van der Waals surface area contributed by atoms with Gasteiger partial charge in [0.1, 0.15) is 5.82 Å². The molecule has 1 amide bonds. The van der Waals surface area contributed by atoms with E-state index in [2.05, 4.69) is 10.2 Å². The molecule has 0 spiro atoms. The molecule has 0 unspecified atom stereocenters. The highest BCUT2D eigenvalue weighted by molar-refractivity contribution is 6.31. The molecular weight excluding hydrogens is 327 g/mol. The fourth-order valence-electron chi connectivity index (χ4n) is 3.13. The van der Waals surface area contributed by atoms with Gasteiger partial charge in [-0.25, -0.2) is 4.39 Å². The smallest absolute Gasteiger partial charge is 0.251 e. The van der Waals surface area contributed by atoms with Crippen LogP contribution in [0.25, 0.3) is 0 Å². The van der Waals surface area contributed by atoms with Gasteiger partial charge in [0.05, 0.1) is 6.04 Å². The molecule has 0 aromatic heterocycles. The molecule has 3 nitrogen and oxygen atoms in total. The van der Waals surface area contributed by atoms with Crippen LogP contribution in [-0.4, -0.2) is 30.4 Å². The molecule has 2 aromatic rings. The van der Waals surface area contributed by atoms with E-state index in [4.69, 9.17) is 11.6 Å². The summed E-state index contributed by atoms with van der Waals surface area (Å²) in [6.45, 7) is 2.48.